The second-order valence-corrected chi connectivity index (χ2v) is 3.64. The van der Waals surface area contributed by atoms with E-state index in [2.05, 4.69) is 11.4 Å². The summed E-state index contributed by atoms with van der Waals surface area (Å²) >= 11 is 0. The van der Waals surface area contributed by atoms with Crippen LogP contribution in [0.3, 0.4) is 0 Å². The molecule has 3 heteroatoms. The van der Waals surface area contributed by atoms with Crippen LogP contribution in [0.25, 0.3) is 6.08 Å². The maximum absolute atomic E-state index is 11.2. The molecule has 1 aromatic carbocycles. The molecule has 0 aliphatic carbocycles. The molecule has 0 saturated carbocycles. The largest absolute Gasteiger partial charge is 0.466 e. The molecule has 1 N–H and O–H groups in total. The Balaban J connectivity index is 2.61. The predicted octanol–water partition coefficient (Wildman–Crippen LogP) is 2.37. The summed E-state index contributed by atoms with van der Waals surface area (Å²) in [7, 11) is 1.92. The lowest BCUT2D eigenvalue weighted by Crippen LogP contribution is -2.06. The average molecular weight is 233 g/mol. The molecule has 1 aromatic rings. The molecule has 0 saturated heterocycles. The monoisotopic (exact) mass is 233 g/mol. The average Bonchev–Trinajstić information content (AvgIpc) is 2.32. The number of esters is 1. The van der Waals surface area contributed by atoms with Gasteiger partial charge in [-0.15, -0.1) is 0 Å². The zero-order chi connectivity index (χ0) is 12.5. The lowest BCUT2D eigenvalue weighted by molar-refractivity contribution is -0.142. The van der Waals surface area contributed by atoms with Gasteiger partial charge in [-0.3, -0.25) is 4.79 Å². The Morgan fingerprint density at radius 3 is 2.88 bits per heavy atom. The standard InChI is InChI=1S/C14H19NO2/c1-3-17-14(16)10-6-9-12-7-4-5-8-13(12)11-15-2/h4-9,15H,3,10-11H2,1-2H3. The van der Waals surface area contributed by atoms with Crippen LogP contribution in [0.1, 0.15) is 24.5 Å². The predicted molar refractivity (Wildman–Crippen MR) is 69.5 cm³/mol. The minimum absolute atomic E-state index is 0.185. The van der Waals surface area contributed by atoms with Gasteiger partial charge in [0.1, 0.15) is 0 Å². The molecule has 0 aliphatic heterocycles. The van der Waals surface area contributed by atoms with Crippen molar-refractivity contribution in [2.24, 2.45) is 0 Å². The van der Waals surface area contributed by atoms with E-state index in [4.69, 9.17) is 4.74 Å². The van der Waals surface area contributed by atoms with Gasteiger partial charge in [0.2, 0.25) is 0 Å². The second-order valence-electron chi connectivity index (χ2n) is 3.64. The fourth-order valence-corrected chi connectivity index (χ4v) is 1.55. The van der Waals surface area contributed by atoms with Crippen molar-refractivity contribution in [2.45, 2.75) is 19.9 Å². The van der Waals surface area contributed by atoms with Gasteiger partial charge in [0, 0.05) is 6.54 Å². The normalized spacial score (nSPS) is 10.7. The molecule has 0 radical (unpaired) electrons. The molecule has 0 spiro atoms. The number of carbonyl (C=O) groups is 1. The first kappa shape index (κ1) is 13.5. The van der Waals surface area contributed by atoms with Gasteiger partial charge in [-0.05, 0) is 25.1 Å². The number of nitrogens with one attached hydrogen (secondary N) is 1. The highest BCUT2D eigenvalue weighted by atomic mass is 16.5. The number of hydrogen-bond acceptors (Lipinski definition) is 3. The molecule has 0 heterocycles. The van der Waals surface area contributed by atoms with Crippen molar-refractivity contribution in [1.29, 1.82) is 0 Å². The highest BCUT2D eigenvalue weighted by Gasteiger charge is 1.99. The molecular weight excluding hydrogens is 214 g/mol. The summed E-state index contributed by atoms with van der Waals surface area (Å²) in [5, 5.41) is 3.12. The summed E-state index contributed by atoms with van der Waals surface area (Å²) in [4.78, 5) is 11.2. The van der Waals surface area contributed by atoms with Crippen molar-refractivity contribution in [1.82, 2.24) is 5.32 Å². The Bertz CT molecular complexity index is 386. The molecule has 3 nitrogen and oxygen atoms in total. The molecule has 0 aromatic heterocycles. The van der Waals surface area contributed by atoms with Crippen LogP contribution in [-0.2, 0) is 16.1 Å². The van der Waals surface area contributed by atoms with E-state index in [9.17, 15) is 4.79 Å². The van der Waals surface area contributed by atoms with Gasteiger partial charge in [-0.25, -0.2) is 0 Å². The highest BCUT2D eigenvalue weighted by molar-refractivity contribution is 5.72. The lowest BCUT2D eigenvalue weighted by Gasteiger charge is -2.04. The fraction of sp³-hybridized carbons (Fsp3) is 0.357. The van der Waals surface area contributed by atoms with E-state index in [1.807, 2.05) is 44.3 Å². The third kappa shape index (κ3) is 4.83. The molecule has 0 aliphatic rings. The first-order valence-electron chi connectivity index (χ1n) is 5.82. The minimum Gasteiger partial charge on any atom is -0.466 e. The molecule has 0 amide bonds. The molecule has 92 valence electrons. The number of rotatable bonds is 6. The zero-order valence-corrected chi connectivity index (χ0v) is 10.4. The van der Waals surface area contributed by atoms with Crippen LogP contribution in [0, 0.1) is 0 Å². The quantitative estimate of drug-likeness (QED) is 0.767. The number of hydrogen-bond donors (Lipinski definition) is 1. The fourth-order valence-electron chi connectivity index (χ4n) is 1.55. The van der Waals surface area contributed by atoms with E-state index in [-0.39, 0.29) is 5.97 Å². The Hall–Kier alpha value is -1.61. The maximum atomic E-state index is 11.2. The van der Waals surface area contributed by atoms with E-state index >= 15 is 0 Å². The van der Waals surface area contributed by atoms with Crippen molar-refractivity contribution in [3.05, 3.63) is 41.5 Å². The van der Waals surface area contributed by atoms with Crippen LogP contribution < -0.4 is 5.32 Å². The second kappa shape index (κ2) is 7.63. The van der Waals surface area contributed by atoms with Crippen LogP contribution in [0.2, 0.25) is 0 Å². The molecule has 0 fully saturated rings. The van der Waals surface area contributed by atoms with E-state index in [1.54, 1.807) is 0 Å². The van der Waals surface area contributed by atoms with Crippen LogP contribution in [0.15, 0.2) is 30.3 Å². The summed E-state index contributed by atoms with van der Waals surface area (Å²) in [6, 6.07) is 8.10. The summed E-state index contributed by atoms with van der Waals surface area (Å²) < 4.78 is 4.86. The van der Waals surface area contributed by atoms with Crippen LogP contribution in [0.5, 0.6) is 0 Å². The molecule has 17 heavy (non-hydrogen) atoms. The van der Waals surface area contributed by atoms with Crippen LogP contribution in [-0.4, -0.2) is 19.6 Å². The minimum atomic E-state index is -0.185. The Kier molecular flexibility index (Phi) is 6.04. The molecule has 1 rings (SSSR count). The topological polar surface area (TPSA) is 38.3 Å². The van der Waals surface area contributed by atoms with Crippen molar-refractivity contribution < 1.29 is 9.53 Å². The van der Waals surface area contributed by atoms with Gasteiger partial charge in [0.05, 0.1) is 13.0 Å². The van der Waals surface area contributed by atoms with Gasteiger partial charge in [-0.2, -0.15) is 0 Å². The Morgan fingerprint density at radius 1 is 1.41 bits per heavy atom. The maximum Gasteiger partial charge on any atom is 0.309 e. The number of ether oxygens (including phenoxy) is 1. The molecule has 0 atom stereocenters. The number of carbonyl (C=O) groups excluding carboxylic acids is 1. The molecule has 0 bridgehead atoms. The lowest BCUT2D eigenvalue weighted by atomic mass is 10.1. The van der Waals surface area contributed by atoms with Crippen molar-refractivity contribution in [3.63, 3.8) is 0 Å². The van der Waals surface area contributed by atoms with E-state index in [1.165, 1.54) is 5.56 Å². The van der Waals surface area contributed by atoms with Gasteiger partial charge < -0.3 is 10.1 Å². The van der Waals surface area contributed by atoms with E-state index < -0.39 is 0 Å². The van der Waals surface area contributed by atoms with Gasteiger partial charge in [0.15, 0.2) is 0 Å². The number of benzene rings is 1. The van der Waals surface area contributed by atoms with Crippen molar-refractivity contribution in [2.75, 3.05) is 13.7 Å². The summed E-state index contributed by atoms with van der Waals surface area (Å²) in [6.45, 7) is 3.06. The Labute approximate surface area is 102 Å². The molecule has 0 unspecified atom stereocenters. The summed E-state index contributed by atoms with van der Waals surface area (Å²) in [6.07, 6.45) is 4.12. The SMILES string of the molecule is CCOC(=O)CC=Cc1ccccc1CNC. The first-order chi connectivity index (χ1) is 8.27. The third-order valence-corrected chi connectivity index (χ3v) is 2.31. The van der Waals surface area contributed by atoms with E-state index in [0.29, 0.717) is 13.0 Å². The zero-order valence-electron chi connectivity index (χ0n) is 10.4. The van der Waals surface area contributed by atoms with Gasteiger partial charge >= 0.3 is 5.97 Å². The Morgan fingerprint density at radius 2 is 2.18 bits per heavy atom. The summed E-state index contributed by atoms with van der Waals surface area (Å²) in [5.74, 6) is -0.185. The first-order valence-corrected chi connectivity index (χ1v) is 5.82. The van der Waals surface area contributed by atoms with Gasteiger partial charge in [-0.1, -0.05) is 36.4 Å². The van der Waals surface area contributed by atoms with Crippen LogP contribution >= 0.6 is 0 Å². The van der Waals surface area contributed by atoms with E-state index in [0.717, 1.165) is 12.1 Å². The smallest absolute Gasteiger partial charge is 0.309 e. The van der Waals surface area contributed by atoms with Crippen molar-refractivity contribution in [3.8, 4) is 0 Å². The molecular formula is C14H19NO2. The third-order valence-electron chi connectivity index (χ3n) is 2.31. The highest BCUT2D eigenvalue weighted by Crippen LogP contribution is 2.10. The van der Waals surface area contributed by atoms with Gasteiger partial charge in [0.25, 0.3) is 0 Å². The van der Waals surface area contributed by atoms with Crippen molar-refractivity contribution >= 4 is 12.0 Å². The van der Waals surface area contributed by atoms with Crippen LogP contribution in [0.4, 0.5) is 0 Å². The summed E-state index contributed by atoms with van der Waals surface area (Å²) in [5.41, 5.74) is 2.35.